The number of nitrogens with two attached hydrogens (primary N) is 1. The van der Waals surface area contributed by atoms with Gasteiger partial charge in [0.05, 0.1) is 18.7 Å². The Bertz CT molecular complexity index is 488. The quantitative estimate of drug-likeness (QED) is 0.802. The maximum absolute atomic E-state index is 13.0. The van der Waals surface area contributed by atoms with Crippen LogP contribution in [-0.2, 0) is 4.79 Å². The van der Waals surface area contributed by atoms with E-state index in [0.29, 0.717) is 17.9 Å². The van der Waals surface area contributed by atoms with Crippen molar-refractivity contribution in [1.29, 1.82) is 0 Å². The minimum Gasteiger partial charge on any atom is -0.494 e. The second-order valence-corrected chi connectivity index (χ2v) is 4.22. The molecule has 1 aromatic rings. The molecule has 2 atom stereocenters. The smallest absolute Gasteiger partial charge is 0.231 e. The van der Waals surface area contributed by atoms with E-state index in [-0.39, 0.29) is 17.9 Å². The molecule has 1 amide bonds. The average Bonchev–Trinajstić information content (AvgIpc) is 2.78. The Morgan fingerprint density at radius 2 is 2.28 bits per heavy atom. The first-order valence-electron chi connectivity index (χ1n) is 5.68. The summed E-state index contributed by atoms with van der Waals surface area (Å²) < 4.78 is 18.0. The molecule has 0 bridgehead atoms. The van der Waals surface area contributed by atoms with Gasteiger partial charge < -0.3 is 15.8 Å². The molecular weight excluding hydrogens is 235 g/mol. The van der Waals surface area contributed by atoms with Gasteiger partial charge in [0.25, 0.3) is 0 Å². The molecule has 0 aliphatic heterocycles. The molecule has 2 unspecified atom stereocenters. The zero-order valence-corrected chi connectivity index (χ0v) is 10.0. The van der Waals surface area contributed by atoms with E-state index in [9.17, 15) is 9.18 Å². The number of methoxy groups -OCH3 is 1. The summed E-state index contributed by atoms with van der Waals surface area (Å²) in [6, 6.07) is 3.90. The fraction of sp³-hybridized carbons (Fsp3) is 0.308. The summed E-state index contributed by atoms with van der Waals surface area (Å²) in [6.07, 6.45) is 4.19. The number of carbonyl (C=O) groups is 1. The van der Waals surface area contributed by atoms with Crippen molar-refractivity contribution in [1.82, 2.24) is 0 Å². The summed E-state index contributed by atoms with van der Waals surface area (Å²) in [5, 5.41) is 2.71. The topological polar surface area (TPSA) is 64.3 Å². The largest absolute Gasteiger partial charge is 0.494 e. The van der Waals surface area contributed by atoms with Crippen LogP contribution in [0.1, 0.15) is 6.42 Å². The van der Waals surface area contributed by atoms with Crippen LogP contribution in [0.2, 0.25) is 0 Å². The van der Waals surface area contributed by atoms with E-state index in [4.69, 9.17) is 10.5 Å². The molecule has 0 saturated carbocycles. The van der Waals surface area contributed by atoms with Crippen LogP contribution in [0.3, 0.4) is 0 Å². The molecule has 1 aliphatic rings. The minimum atomic E-state index is -0.410. The van der Waals surface area contributed by atoms with E-state index >= 15 is 0 Å². The Kier molecular flexibility index (Phi) is 3.62. The number of amides is 1. The van der Waals surface area contributed by atoms with Crippen molar-refractivity contribution in [3.8, 4) is 5.75 Å². The molecule has 1 aromatic carbocycles. The summed E-state index contributed by atoms with van der Waals surface area (Å²) in [6.45, 7) is 0. The van der Waals surface area contributed by atoms with Gasteiger partial charge in [-0.3, -0.25) is 4.79 Å². The number of hydrogen-bond donors (Lipinski definition) is 2. The fourth-order valence-electron chi connectivity index (χ4n) is 1.92. The van der Waals surface area contributed by atoms with Crippen LogP contribution in [0, 0.1) is 11.7 Å². The number of rotatable bonds is 3. The SMILES string of the molecule is COc1cc(F)ccc1NC(=O)C1C=CC(N)C1. The second-order valence-electron chi connectivity index (χ2n) is 4.22. The molecule has 5 heteroatoms. The number of carbonyl (C=O) groups excluding carboxylic acids is 1. The van der Waals surface area contributed by atoms with Gasteiger partial charge in [0, 0.05) is 12.1 Å². The van der Waals surface area contributed by atoms with Crippen LogP contribution < -0.4 is 15.8 Å². The highest BCUT2D eigenvalue weighted by molar-refractivity contribution is 5.95. The first kappa shape index (κ1) is 12.6. The van der Waals surface area contributed by atoms with Crippen LogP contribution in [0.4, 0.5) is 10.1 Å². The third-order valence-electron chi connectivity index (χ3n) is 2.87. The predicted molar refractivity (Wildman–Crippen MR) is 66.8 cm³/mol. The molecule has 0 saturated heterocycles. The number of anilines is 1. The van der Waals surface area contributed by atoms with Gasteiger partial charge in [-0.15, -0.1) is 0 Å². The lowest BCUT2D eigenvalue weighted by Crippen LogP contribution is -2.24. The molecule has 4 nitrogen and oxygen atoms in total. The van der Waals surface area contributed by atoms with E-state index < -0.39 is 5.82 Å². The minimum absolute atomic E-state index is 0.0733. The van der Waals surface area contributed by atoms with Gasteiger partial charge in [-0.2, -0.15) is 0 Å². The molecule has 96 valence electrons. The highest BCUT2D eigenvalue weighted by Crippen LogP contribution is 2.26. The van der Waals surface area contributed by atoms with Crippen LogP contribution in [0.5, 0.6) is 5.75 Å². The molecule has 3 N–H and O–H groups in total. The summed E-state index contributed by atoms with van der Waals surface area (Å²) >= 11 is 0. The highest BCUT2D eigenvalue weighted by atomic mass is 19.1. The van der Waals surface area contributed by atoms with Crippen molar-refractivity contribution < 1.29 is 13.9 Å². The molecule has 18 heavy (non-hydrogen) atoms. The Hall–Kier alpha value is -1.88. The van der Waals surface area contributed by atoms with Crippen molar-refractivity contribution in [3.05, 3.63) is 36.2 Å². The predicted octanol–water partition coefficient (Wildman–Crippen LogP) is 1.68. The first-order valence-corrected chi connectivity index (χ1v) is 5.68. The Morgan fingerprint density at radius 1 is 1.50 bits per heavy atom. The van der Waals surface area contributed by atoms with Gasteiger partial charge in [0.15, 0.2) is 0 Å². The maximum Gasteiger partial charge on any atom is 0.231 e. The van der Waals surface area contributed by atoms with Crippen molar-refractivity contribution in [2.24, 2.45) is 11.7 Å². The molecular formula is C13H15FN2O2. The molecule has 0 fully saturated rings. The Labute approximate surface area is 105 Å². The number of ether oxygens (including phenoxy) is 1. The van der Waals surface area contributed by atoms with Crippen LogP contribution in [0.25, 0.3) is 0 Å². The number of benzene rings is 1. The monoisotopic (exact) mass is 250 g/mol. The standard InChI is InChI=1S/C13H15FN2O2/c1-18-12-7-9(14)3-5-11(12)16-13(17)8-2-4-10(15)6-8/h2-5,7-8,10H,6,15H2,1H3,(H,16,17). The molecule has 0 heterocycles. The summed E-state index contributed by atoms with van der Waals surface area (Å²) in [5.41, 5.74) is 6.15. The Morgan fingerprint density at radius 3 is 2.89 bits per heavy atom. The summed E-state index contributed by atoms with van der Waals surface area (Å²) in [7, 11) is 1.43. The molecule has 2 rings (SSSR count). The van der Waals surface area contributed by atoms with Crippen molar-refractivity contribution >= 4 is 11.6 Å². The van der Waals surface area contributed by atoms with Crippen LogP contribution >= 0.6 is 0 Å². The van der Waals surface area contributed by atoms with E-state index in [1.807, 2.05) is 6.08 Å². The van der Waals surface area contributed by atoms with Gasteiger partial charge in [-0.1, -0.05) is 12.2 Å². The molecule has 0 spiro atoms. The van der Waals surface area contributed by atoms with E-state index in [1.54, 1.807) is 6.08 Å². The average molecular weight is 250 g/mol. The van der Waals surface area contributed by atoms with E-state index in [2.05, 4.69) is 5.32 Å². The normalized spacial score (nSPS) is 21.9. The highest BCUT2D eigenvalue weighted by Gasteiger charge is 2.23. The summed E-state index contributed by atoms with van der Waals surface area (Å²) in [5.74, 6) is -0.513. The van der Waals surface area contributed by atoms with Crippen molar-refractivity contribution in [2.45, 2.75) is 12.5 Å². The zero-order chi connectivity index (χ0) is 13.1. The third kappa shape index (κ3) is 2.68. The lowest BCUT2D eigenvalue weighted by atomic mass is 10.1. The molecule has 0 radical (unpaired) electrons. The lowest BCUT2D eigenvalue weighted by molar-refractivity contribution is -0.118. The zero-order valence-electron chi connectivity index (χ0n) is 10.0. The number of hydrogen-bond acceptors (Lipinski definition) is 3. The molecule has 0 aromatic heterocycles. The number of halogens is 1. The number of nitrogens with one attached hydrogen (secondary N) is 1. The third-order valence-corrected chi connectivity index (χ3v) is 2.87. The van der Waals surface area contributed by atoms with Gasteiger partial charge in [0.1, 0.15) is 11.6 Å². The summed E-state index contributed by atoms with van der Waals surface area (Å²) in [4.78, 5) is 11.9. The van der Waals surface area contributed by atoms with Crippen LogP contribution in [0.15, 0.2) is 30.4 Å². The van der Waals surface area contributed by atoms with Crippen molar-refractivity contribution in [2.75, 3.05) is 12.4 Å². The fourth-order valence-corrected chi connectivity index (χ4v) is 1.92. The maximum atomic E-state index is 13.0. The molecule has 1 aliphatic carbocycles. The van der Waals surface area contributed by atoms with E-state index in [1.165, 1.54) is 25.3 Å². The van der Waals surface area contributed by atoms with Crippen molar-refractivity contribution in [3.63, 3.8) is 0 Å². The van der Waals surface area contributed by atoms with Crippen LogP contribution in [-0.4, -0.2) is 19.1 Å². The second kappa shape index (κ2) is 5.18. The first-order chi connectivity index (χ1) is 8.60. The van der Waals surface area contributed by atoms with Gasteiger partial charge in [0.2, 0.25) is 5.91 Å². The Balaban J connectivity index is 2.09. The van der Waals surface area contributed by atoms with Gasteiger partial charge in [-0.25, -0.2) is 4.39 Å². The van der Waals surface area contributed by atoms with E-state index in [0.717, 1.165) is 0 Å². The van der Waals surface area contributed by atoms with Gasteiger partial charge in [-0.05, 0) is 18.6 Å². The lowest BCUT2D eigenvalue weighted by Gasteiger charge is -2.13. The van der Waals surface area contributed by atoms with Gasteiger partial charge >= 0.3 is 0 Å².